The first-order valence-corrected chi connectivity index (χ1v) is 6.22. The topological polar surface area (TPSA) is 55.1 Å². The van der Waals surface area contributed by atoms with Crippen molar-refractivity contribution in [1.82, 2.24) is 0 Å². The molecule has 88 valence electrons. The molecule has 0 radical (unpaired) electrons. The van der Waals surface area contributed by atoms with Gasteiger partial charge in [0.2, 0.25) is 5.91 Å². The third-order valence-corrected chi connectivity index (χ3v) is 3.76. The first kappa shape index (κ1) is 13.5. The van der Waals surface area contributed by atoms with E-state index in [0.29, 0.717) is 21.7 Å². The third kappa shape index (κ3) is 3.20. The van der Waals surface area contributed by atoms with Gasteiger partial charge in [0.1, 0.15) is 0 Å². The number of benzene rings is 1. The minimum absolute atomic E-state index is 0.0760. The van der Waals surface area contributed by atoms with Crippen LogP contribution in [0.3, 0.4) is 0 Å². The Kier molecular flexibility index (Phi) is 5.25. The average molecular weight is 306 g/mol. The molecule has 1 aromatic rings. The fourth-order valence-corrected chi connectivity index (χ4v) is 1.83. The maximum Gasteiger partial charge on any atom is 0.228 e. The van der Waals surface area contributed by atoms with E-state index in [0.717, 1.165) is 6.42 Å². The summed E-state index contributed by atoms with van der Waals surface area (Å²) in [7, 11) is 0. The molecule has 0 aromatic heterocycles. The maximum atomic E-state index is 11.8. The van der Waals surface area contributed by atoms with Gasteiger partial charge in [0.15, 0.2) is 0 Å². The molecule has 0 spiro atoms. The number of amides is 1. The summed E-state index contributed by atoms with van der Waals surface area (Å²) in [6, 6.07) is 5.32. The summed E-state index contributed by atoms with van der Waals surface area (Å²) in [5, 5.41) is 3.37. The molecule has 3 N–H and O–H groups in total. The predicted molar refractivity (Wildman–Crippen MR) is 70.6 cm³/mol. The zero-order valence-corrected chi connectivity index (χ0v) is 11.3. The molecule has 0 saturated carbocycles. The zero-order chi connectivity index (χ0) is 12.1. The Labute approximate surface area is 108 Å². The Hall–Kier alpha value is -0.580. The normalized spacial score (nSPS) is 12.2. The number of carbonyl (C=O) groups is 1. The summed E-state index contributed by atoms with van der Waals surface area (Å²) in [6.07, 6.45) is 0.723. The van der Waals surface area contributed by atoms with E-state index in [2.05, 4.69) is 21.2 Å². The fourth-order valence-electron chi connectivity index (χ4n) is 1.29. The van der Waals surface area contributed by atoms with Crippen molar-refractivity contribution in [1.29, 1.82) is 0 Å². The minimum atomic E-state index is -0.161. The first-order chi connectivity index (χ1) is 7.60. The monoisotopic (exact) mass is 304 g/mol. The molecular formula is C11H14BrClN2O. The van der Waals surface area contributed by atoms with Crippen LogP contribution in [0.25, 0.3) is 0 Å². The van der Waals surface area contributed by atoms with Crippen molar-refractivity contribution >= 4 is 39.1 Å². The predicted octanol–water partition coefficient (Wildman–Crippen LogP) is 3.03. The molecule has 16 heavy (non-hydrogen) atoms. The van der Waals surface area contributed by atoms with Crippen LogP contribution in [0.4, 0.5) is 5.69 Å². The summed E-state index contributed by atoms with van der Waals surface area (Å²) >= 11 is 9.25. The summed E-state index contributed by atoms with van der Waals surface area (Å²) in [5.74, 6) is -0.237. The molecule has 1 amide bonds. The van der Waals surface area contributed by atoms with E-state index in [4.69, 9.17) is 17.3 Å². The molecule has 1 atom stereocenters. The second-order valence-corrected chi connectivity index (χ2v) is 4.63. The Bertz CT molecular complexity index is 380. The number of nitrogens with one attached hydrogen (secondary N) is 1. The Morgan fingerprint density at radius 3 is 2.88 bits per heavy atom. The largest absolute Gasteiger partial charge is 0.330 e. The second-order valence-electron chi connectivity index (χ2n) is 3.43. The lowest BCUT2D eigenvalue weighted by Gasteiger charge is -2.14. The van der Waals surface area contributed by atoms with E-state index in [9.17, 15) is 4.79 Å². The Balaban J connectivity index is 2.80. The van der Waals surface area contributed by atoms with Crippen LogP contribution in [-0.2, 0) is 4.79 Å². The number of rotatable bonds is 4. The fraction of sp³-hybridized carbons (Fsp3) is 0.364. The summed E-state index contributed by atoms with van der Waals surface area (Å²) in [5.41, 5.74) is 6.18. The second kappa shape index (κ2) is 6.23. The van der Waals surface area contributed by atoms with Gasteiger partial charge in [-0.2, -0.15) is 0 Å². The SMILES string of the molecule is CCC(CN)C(=O)Nc1cccc(Cl)c1Br. The highest BCUT2D eigenvalue weighted by atomic mass is 79.9. The van der Waals surface area contributed by atoms with Crippen LogP contribution in [0.5, 0.6) is 0 Å². The molecule has 0 bridgehead atoms. The highest BCUT2D eigenvalue weighted by Crippen LogP contribution is 2.30. The molecule has 0 aliphatic heterocycles. The van der Waals surface area contributed by atoms with Gasteiger partial charge in [0, 0.05) is 6.54 Å². The summed E-state index contributed by atoms with van der Waals surface area (Å²) in [4.78, 5) is 11.8. The van der Waals surface area contributed by atoms with Gasteiger partial charge >= 0.3 is 0 Å². The van der Waals surface area contributed by atoms with Crippen LogP contribution in [-0.4, -0.2) is 12.5 Å². The van der Waals surface area contributed by atoms with Crippen LogP contribution in [0.2, 0.25) is 5.02 Å². The van der Waals surface area contributed by atoms with Crippen LogP contribution < -0.4 is 11.1 Å². The third-order valence-electron chi connectivity index (χ3n) is 2.36. The van der Waals surface area contributed by atoms with E-state index in [-0.39, 0.29) is 11.8 Å². The molecule has 1 aromatic carbocycles. The van der Waals surface area contributed by atoms with Gasteiger partial charge in [-0.25, -0.2) is 0 Å². The minimum Gasteiger partial charge on any atom is -0.330 e. The zero-order valence-electron chi connectivity index (χ0n) is 8.97. The van der Waals surface area contributed by atoms with Crippen LogP contribution in [0.15, 0.2) is 22.7 Å². The van der Waals surface area contributed by atoms with Gasteiger partial charge in [-0.05, 0) is 34.5 Å². The van der Waals surface area contributed by atoms with Crippen molar-refractivity contribution in [2.24, 2.45) is 11.7 Å². The van der Waals surface area contributed by atoms with E-state index < -0.39 is 0 Å². The highest BCUT2D eigenvalue weighted by molar-refractivity contribution is 9.10. The van der Waals surface area contributed by atoms with Crippen LogP contribution in [0.1, 0.15) is 13.3 Å². The molecule has 0 saturated heterocycles. The van der Waals surface area contributed by atoms with E-state index in [1.807, 2.05) is 6.92 Å². The summed E-state index contributed by atoms with van der Waals surface area (Å²) < 4.78 is 0.692. The van der Waals surface area contributed by atoms with E-state index in [1.165, 1.54) is 0 Å². The number of hydrogen-bond donors (Lipinski definition) is 2. The number of carbonyl (C=O) groups excluding carboxylic acids is 1. The van der Waals surface area contributed by atoms with Crippen molar-refractivity contribution in [3.8, 4) is 0 Å². The van der Waals surface area contributed by atoms with Crippen LogP contribution >= 0.6 is 27.5 Å². The van der Waals surface area contributed by atoms with Crippen molar-refractivity contribution < 1.29 is 4.79 Å². The van der Waals surface area contributed by atoms with Crippen molar-refractivity contribution in [2.45, 2.75) is 13.3 Å². The first-order valence-electron chi connectivity index (χ1n) is 5.05. The smallest absolute Gasteiger partial charge is 0.228 e. The average Bonchev–Trinajstić information content (AvgIpc) is 2.26. The highest BCUT2D eigenvalue weighted by Gasteiger charge is 2.15. The molecule has 1 rings (SSSR count). The van der Waals surface area contributed by atoms with Gasteiger partial charge in [-0.1, -0.05) is 24.6 Å². The number of anilines is 1. The lowest BCUT2D eigenvalue weighted by molar-refractivity contribution is -0.119. The molecule has 3 nitrogen and oxygen atoms in total. The summed E-state index contributed by atoms with van der Waals surface area (Å²) in [6.45, 7) is 2.28. The maximum absolute atomic E-state index is 11.8. The van der Waals surface area contributed by atoms with E-state index in [1.54, 1.807) is 18.2 Å². The quantitative estimate of drug-likeness (QED) is 0.898. The van der Waals surface area contributed by atoms with Gasteiger partial charge < -0.3 is 11.1 Å². The number of halogens is 2. The Morgan fingerprint density at radius 1 is 1.62 bits per heavy atom. The lowest BCUT2D eigenvalue weighted by Crippen LogP contribution is -2.28. The molecule has 0 aliphatic rings. The standard InChI is InChI=1S/C11H14BrClN2O/c1-2-7(6-14)11(16)15-9-5-3-4-8(13)10(9)12/h3-5,7H,2,6,14H2,1H3,(H,15,16). The van der Waals surface area contributed by atoms with E-state index >= 15 is 0 Å². The van der Waals surface area contributed by atoms with Crippen molar-refractivity contribution in [2.75, 3.05) is 11.9 Å². The lowest BCUT2D eigenvalue weighted by atomic mass is 10.1. The molecule has 0 heterocycles. The number of hydrogen-bond acceptors (Lipinski definition) is 2. The van der Waals surface area contributed by atoms with Gasteiger partial charge in [0.05, 0.1) is 21.1 Å². The Morgan fingerprint density at radius 2 is 2.31 bits per heavy atom. The van der Waals surface area contributed by atoms with Crippen LogP contribution in [0, 0.1) is 5.92 Å². The van der Waals surface area contributed by atoms with Gasteiger partial charge in [-0.15, -0.1) is 0 Å². The molecular weight excluding hydrogens is 291 g/mol. The van der Waals surface area contributed by atoms with Crippen molar-refractivity contribution in [3.05, 3.63) is 27.7 Å². The molecule has 1 unspecified atom stereocenters. The number of nitrogens with two attached hydrogens (primary N) is 1. The molecule has 0 fully saturated rings. The van der Waals surface area contributed by atoms with Gasteiger partial charge in [0.25, 0.3) is 0 Å². The molecule has 0 aliphatic carbocycles. The van der Waals surface area contributed by atoms with Gasteiger partial charge in [-0.3, -0.25) is 4.79 Å². The van der Waals surface area contributed by atoms with Crippen molar-refractivity contribution in [3.63, 3.8) is 0 Å². The molecule has 5 heteroatoms.